The second-order valence-corrected chi connectivity index (χ2v) is 4.07. The van der Waals surface area contributed by atoms with Gasteiger partial charge in [-0.05, 0) is 38.6 Å². The summed E-state index contributed by atoms with van der Waals surface area (Å²) >= 11 is 0. The zero-order chi connectivity index (χ0) is 7.84. The van der Waals surface area contributed by atoms with Gasteiger partial charge in [0.1, 0.15) is 0 Å². The van der Waals surface area contributed by atoms with Gasteiger partial charge >= 0.3 is 0 Å². The van der Waals surface area contributed by atoms with E-state index in [9.17, 15) is 0 Å². The highest BCUT2D eigenvalue weighted by atomic mass is 15.1. The molecule has 0 aromatic rings. The van der Waals surface area contributed by atoms with Crippen molar-refractivity contribution in [1.29, 1.82) is 0 Å². The lowest BCUT2D eigenvalue weighted by Gasteiger charge is -2.30. The van der Waals surface area contributed by atoms with Gasteiger partial charge in [0.15, 0.2) is 0 Å². The zero-order valence-electron chi connectivity index (χ0n) is 7.46. The Morgan fingerprint density at radius 1 is 1.27 bits per heavy atom. The summed E-state index contributed by atoms with van der Waals surface area (Å²) in [7, 11) is 2.23. The van der Waals surface area contributed by atoms with Gasteiger partial charge in [-0.25, -0.2) is 0 Å². The molecule has 1 heteroatoms. The first-order valence-electron chi connectivity index (χ1n) is 4.66. The van der Waals surface area contributed by atoms with Crippen molar-refractivity contribution >= 4 is 0 Å². The Morgan fingerprint density at radius 3 is 2.55 bits per heavy atom. The summed E-state index contributed by atoms with van der Waals surface area (Å²) < 4.78 is 0. The minimum Gasteiger partial charge on any atom is -0.300 e. The Kier molecular flexibility index (Phi) is 1.76. The number of hydrogen-bond acceptors (Lipinski definition) is 1. The van der Waals surface area contributed by atoms with Crippen LogP contribution < -0.4 is 0 Å². The molecule has 0 radical (unpaired) electrons. The fraction of sp³-hybridized carbons (Fsp3) is 0.800. The molecule has 0 aromatic heterocycles. The molecular weight excluding hydrogens is 134 g/mol. The maximum Gasteiger partial charge on any atom is 0.0247 e. The van der Waals surface area contributed by atoms with Gasteiger partial charge in [-0.1, -0.05) is 12.2 Å². The molecule has 0 spiro atoms. The lowest BCUT2D eigenvalue weighted by atomic mass is 9.97. The number of likely N-dealkylation sites (N-methyl/N-ethyl adjacent to an activating group) is 1. The van der Waals surface area contributed by atoms with Gasteiger partial charge in [-0.3, -0.25) is 4.90 Å². The van der Waals surface area contributed by atoms with Crippen molar-refractivity contribution in [3.63, 3.8) is 0 Å². The van der Waals surface area contributed by atoms with E-state index in [-0.39, 0.29) is 0 Å². The summed E-state index contributed by atoms with van der Waals surface area (Å²) in [4.78, 5) is 2.45. The molecule has 2 rings (SSSR count). The van der Waals surface area contributed by atoms with Crippen LogP contribution in [0.3, 0.4) is 0 Å². The average molecular weight is 151 g/mol. The third-order valence-corrected chi connectivity index (χ3v) is 3.06. The maximum atomic E-state index is 2.45. The van der Waals surface area contributed by atoms with Crippen LogP contribution in [0.1, 0.15) is 19.8 Å². The number of hydrogen-bond donors (Lipinski definition) is 0. The smallest absolute Gasteiger partial charge is 0.0247 e. The van der Waals surface area contributed by atoms with Crippen LogP contribution >= 0.6 is 0 Å². The average Bonchev–Trinajstić information content (AvgIpc) is 2.77. The lowest BCUT2D eigenvalue weighted by molar-refractivity contribution is 0.239. The first-order valence-corrected chi connectivity index (χ1v) is 4.66. The van der Waals surface area contributed by atoms with Gasteiger partial charge < -0.3 is 0 Å². The summed E-state index contributed by atoms with van der Waals surface area (Å²) in [6.07, 6.45) is 7.73. The van der Waals surface area contributed by atoms with Crippen molar-refractivity contribution in [3.05, 3.63) is 12.2 Å². The Labute approximate surface area is 69.1 Å². The van der Waals surface area contributed by atoms with Crippen molar-refractivity contribution in [2.45, 2.75) is 25.8 Å². The van der Waals surface area contributed by atoms with Crippen molar-refractivity contribution < 1.29 is 0 Å². The second kappa shape index (κ2) is 2.63. The molecule has 0 saturated heterocycles. The normalized spacial score (nSPS) is 39.5. The van der Waals surface area contributed by atoms with Crippen molar-refractivity contribution in [3.8, 4) is 0 Å². The number of nitrogens with zero attached hydrogens (tertiary/aromatic N) is 1. The molecule has 1 fully saturated rings. The van der Waals surface area contributed by atoms with E-state index in [1.54, 1.807) is 0 Å². The fourth-order valence-electron chi connectivity index (χ4n) is 1.84. The Hall–Kier alpha value is -0.300. The molecule has 11 heavy (non-hydrogen) atoms. The van der Waals surface area contributed by atoms with Gasteiger partial charge in [-0.15, -0.1) is 0 Å². The first-order chi connectivity index (χ1) is 5.27. The van der Waals surface area contributed by atoms with Gasteiger partial charge in [0.2, 0.25) is 0 Å². The van der Waals surface area contributed by atoms with Crippen molar-refractivity contribution in [1.82, 2.24) is 4.90 Å². The minimum atomic E-state index is 0.657. The molecule has 0 bridgehead atoms. The van der Waals surface area contributed by atoms with Crippen molar-refractivity contribution in [2.75, 3.05) is 13.6 Å². The third kappa shape index (κ3) is 1.48. The molecule has 2 atom stereocenters. The molecule has 1 unspecified atom stereocenters. The Balaban J connectivity index is 1.99. The van der Waals surface area contributed by atoms with E-state index in [1.165, 1.54) is 19.4 Å². The summed E-state index contributed by atoms with van der Waals surface area (Å²) in [6, 6.07) is 0.657. The van der Waals surface area contributed by atoms with Crippen LogP contribution in [0, 0.1) is 11.8 Å². The Bertz CT molecular complexity index is 170. The van der Waals surface area contributed by atoms with Crippen LogP contribution in [0.4, 0.5) is 0 Å². The zero-order valence-corrected chi connectivity index (χ0v) is 7.46. The quantitative estimate of drug-likeness (QED) is 0.517. The van der Waals surface area contributed by atoms with Crippen LogP contribution in [0.15, 0.2) is 12.2 Å². The summed E-state index contributed by atoms with van der Waals surface area (Å²) in [5.74, 6) is 1.90. The predicted octanol–water partition coefficient (Wildman–Crippen LogP) is 1.90. The van der Waals surface area contributed by atoms with Crippen LogP contribution in [0.25, 0.3) is 0 Å². The molecule has 1 aliphatic carbocycles. The molecule has 1 heterocycles. The highest BCUT2D eigenvalue weighted by molar-refractivity contribution is 5.05. The Morgan fingerprint density at radius 2 is 2.00 bits per heavy atom. The van der Waals surface area contributed by atoms with Gasteiger partial charge in [0.05, 0.1) is 0 Å². The molecule has 1 aliphatic heterocycles. The summed E-state index contributed by atoms with van der Waals surface area (Å²) in [5.41, 5.74) is 0. The lowest BCUT2D eigenvalue weighted by Crippen LogP contribution is -2.35. The summed E-state index contributed by atoms with van der Waals surface area (Å²) in [6.45, 7) is 3.54. The molecule has 2 aliphatic rings. The highest BCUT2D eigenvalue weighted by Crippen LogP contribution is 2.39. The van der Waals surface area contributed by atoms with Gasteiger partial charge in [0.25, 0.3) is 0 Å². The van der Waals surface area contributed by atoms with Gasteiger partial charge in [-0.2, -0.15) is 0 Å². The second-order valence-electron chi connectivity index (χ2n) is 4.07. The molecule has 0 aromatic carbocycles. The molecule has 1 nitrogen and oxygen atoms in total. The van der Waals surface area contributed by atoms with E-state index < -0.39 is 0 Å². The van der Waals surface area contributed by atoms with Crippen LogP contribution in [0.2, 0.25) is 0 Å². The fourth-order valence-corrected chi connectivity index (χ4v) is 1.84. The van der Waals surface area contributed by atoms with Gasteiger partial charge in [0, 0.05) is 12.6 Å². The maximum absolute atomic E-state index is 2.45. The third-order valence-electron chi connectivity index (χ3n) is 3.06. The van der Waals surface area contributed by atoms with E-state index in [4.69, 9.17) is 0 Å². The molecule has 1 saturated carbocycles. The predicted molar refractivity (Wildman–Crippen MR) is 47.4 cm³/mol. The molecular formula is C10H17N. The first kappa shape index (κ1) is 7.35. The monoisotopic (exact) mass is 151 g/mol. The summed E-state index contributed by atoms with van der Waals surface area (Å²) in [5, 5.41) is 0. The SMILES string of the molecule is C[C@@H]1C=CC(C2CC2)CN1C. The largest absolute Gasteiger partial charge is 0.300 e. The standard InChI is InChI=1S/C10H17N/c1-8-3-4-10(7-11(8)2)9-5-6-9/h3-4,8-10H,5-7H2,1-2H3/t8-,10?/m1/s1. The van der Waals surface area contributed by atoms with Crippen LogP contribution in [-0.4, -0.2) is 24.5 Å². The van der Waals surface area contributed by atoms with Crippen molar-refractivity contribution in [2.24, 2.45) is 11.8 Å². The minimum absolute atomic E-state index is 0.657. The van der Waals surface area contributed by atoms with E-state index in [0.29, 0.717) is 6.04 Å². The van der Waals surface area contributed by atoms with E-state index in [2.05, 4.69) is 31.0 Å². The van der Waals surface area contributed by atoms with E-state index in [0.717, 1.165) is 11.8 Å². The topological polar surface area (TPSA) is 3.24 Å². The van der Waals surface area contributed by atoms with E-state index >= 15 is 0 Å². The van der Waals surface area contributed by atoms with Crippen LogP contribution in [-0.2, 0) is 0 Å². The molecule has 0 amide bonds. The molecule has 62 valence electrons. The van der Waals surface area contributed by atoms with E-state index in [1.807, 2.05) is 0 Å². The molecule has 0 N–H and O–H groups in total. The van der Waals surface area contributed by atoms with Crippen LogP contribution in [0.5, 0.6) is 0 Å². The number of rotatable bonds is 1. The highest BCUT2D eigenvalue weighted by Gasteiger charge is 2.32.